The molecule has 0 spiro atoms. The van der Waals surface area contributed by atoms with Crippen molar-refractivity contribution in [1.82, 2.24) is 0 Å². The van der Waals surface area contributed by atoms with Gasteiger partial charge in [-0.05, 0) is 24.4 Å². The molecule has 0 bridgehead atoms. The molecule has 2 aromatic carbocycles. The Morgan fingerprint density at radius 3 is 2.50 bits per heavy atom. The lowest BCUT2D eigenvalue weighted by molar-refractivity contribution is -0.145. The molecule has 0 saturated carbocycles. The number of nitrogens with zero attached hydrogens (tertiary/aromatic N) is 1. The van der Waals surface area contributed by atoms with E-state index in [0.717, 1.165) is 9.69 Å². The Balaban J connectivity index is 1.99. The lowest BCUT2D eigenvalue weighted by Crippen LogP contribution is -2.34. The van der Waals surface area contributed by atoms with Crippen LogP contribution in [0.1, 0.15) is 6.92 Å². The van der Waals surface area contributed by atoms with E-state index in [1.165, 1.54) is 13.0 Å². The molecule has 0 radical (unpaired) electrons. The average molecular weight is 319 g/mol. The van der Waals surface area contributed by atoms with E-state index in [9.17, 15) is 18.0 Å². The van der Waals surface area contributed by atoms with E-state index >= 15 is 0 Å². The van der Waals surface area contributed by atoms with Gasteiger partial charge in [-0.15, -0.1) is 0 Å². The van der Waals surface area contributed by atoms with Gasteiger partial charge in [-0.25, -0.2) is 8.42 Å². The predicted octanol–water partition coefficient (Wildman–Crippen LogP) is 1.48. The van der Waals surface area contributed by atoms with Crippen molar-refractivity contribution in [2.75, 3.05) is 17.5 Å². The van der Waals surface area contributed by atoms with Crippen molar-refractivity contribution in [1.29, 1.82) is 0 Å². The third-order valence-corrected chi connectivity index (χ3v) is 5.19. The summed E-state index contributed by atoms with van der Waals surface area (Å²) in [5, 5.41) is 1.39. The highest BCUT2D eigenvalue weighted by molar-refractivity contribution is 7.93. The molecule has 1 aliphatic rings. The Kier molecular flexibility index (Phi) is 3.37. The van der Waals surface area contributed by atoms with Crippen molar-refractivity contribution < 1.29 is 22.7 Å². The number of rotatable bonds is 4. The third kappa shape index (κ3) is 2.23. The van der Waals surface area contributed by atoms with Crippen LogP contribution in [-0.2, 0) is 24.3 Å². The summed E-state index contributed by atoms with van der Waals surface area (Å²) in [6.07, 6.45) is 0. The van der Waals surface area contributed by atoms with Gasteiger partial charge < -0.3 is 4.74 Å². The number of esters is 1. The summed E-state index contributed by atoms with van der Waals surface area (Å²) >= 11 is 0. The van der Waals surface area contributed by atoms with E-state index in [-0.39, 0.29) is 17.3 Å². The smallest absolute Gasteiger partial charge is 0.327 e. The molecule has 2 aromatic rings. The fourth-order valence-corrected chi connectivity index (χ4v) is 4.13. The van der Waals surface area contributed by atoms with E-state index in [0.29, 0.717) is 11.1 Å². The molecule has 7 heteroatoms. The van der Waals surface area contributed by atoms with E-state index in [1.807, 2.05) is 12.1 Å². The van der Waals surface area contributed by atoms with Crippen molar-refractivity contribution in [2.45, 2.75) is 11.8 Å². The minimum Gasteiger partial charge on any atom is -0.456 e. The van der Waals surface area contributed by atoms with E-state index in [2.05, 4.69) is 0 Å². The molecular weight excluding hydrogens is 306 g/mol. The molecule has 114 valence electrons. The Hall–Kier alpha value is -2.41. The molecule has 0 aliphatic carbocycles. The van der Waals surface area contributed by atoms with Gasteiger partial charge >= 0.3 is 5.97 Å². The quantitative estimate of drug-likeness (QED) is 0.797. The number of ketones is 1. The monoisotopic (exact) mass is 319 g/mol. The maximum Gasteiger partial charge on any atom is 0.327 e. The van der Waals surface area contributed by atoms with Gasteiger partial charge in [-0.3, -0.25) is 13.9 Å². The first-order valence-electron chi connectivity index (χ1n) is 6.61. The lowest BCUT2D eigenvalue weighted by Gasteiger charge is -2.17. The second-order valence-electron chi connectivity index (χ2n) is 5.01. The Bertz CT molecular complexity index is 883. The SMILES string of the molecule is CC(=O)COC(=O)CN1c2cccc3cccc(c23)S1(=O)=O. The Morgan fingerprint density at radius 2 is 1.82 bits per heavy atom. The molecule has 22 heavy (non-hydrogen) atoms. The van der Waals surface area contributed by atoms with Gasteiger partial charge in [0.25, 0.3) is 10.0 Å². The molecule has 0 aromatic heterocycles. The standard InChI is InChI=1S/C15H13NO5S/c1-10(17)9-21-14(18)8-16-12-6-2-4-11-5-3-7-13(15(11)12)22(16,19)20/h2-7H,8-9H2,1H3. The van der Waals surface area contributed by atoms with Gasteiger partial charge in [0.1, 0.15) is 13.2 Å². The molecule has 0 fully saturated rings. The van der Waals surface area contributed by atoms with Gasteiger partial charge in [0, 0.05) is 5.39 Å². The van der Waals surface area contributed by atoms with Crippen LogP contribution >= 0.6 is 0 Å². The van der Waals surface area contributed by atoms with Crippen molar-refractivity contribution >= 4 is 38.2 Å². The number of ether oxygens (including phenoxy) is 1. The van der Waals surface area contributed by atoms with Crippen LogP contribution in [0, 0.1) is 0 Å². The molecule has 0 amide bonds. The second-order valence-corrected chi connectivity index (χ2v) is 6.84. The van der Waals surface area contributed by atoms with Crippen molar-refractivity contribution in [3.63, 3.8) is 0 Å². The second kappa shape index (κ2) is 5.10. The predicted molar refractivity (Wildman–Crippen MR) is 80.1 cm³/mol. The molecule has 6 nitrogen and oxygen atoms in total. The van der Waals surface area contributed by atoms with Crippen LogP contribution in [-0.4, -0.2) is 33.3 Å². The van der Waals surface area contributed by atoms with Crippen LogP contribution in [0.25, 0.3) is 10.8 Å². The van der Waals surface area contributed by atoms with Gasteiger partial charge in [-0.1, -0.05) is 24.3 Å². The lowest BCUT2D eigenvalue weighted by atomic mass is 10.1. The van der Waals surface area contributed by atoms with Gasteiger partial charge in [-0.2, -0.15) is 0 Å². The number of hydrogen-bond donors (Lipinski definition) is 0. The summed E-state index contributed by atoms with van der Waals surface area (Å²) in [4.78, 5) is 22.8. The van der Waals surface area contributed by atoms with Crippen LogP contribution in [0.4, 0.5) is 5.69 Å². The molecule has 3 rings (SSSR count). The van der Waals surface area contributed by atoms with Crippen LogP contribution in [0.5, 0.6) is 0 Å². The number of sulfonamides is 1. The zero-order valence-electron chi connectivity index (χ0n) is 11.8. The highest BCUT2D eigenvalue weighted by Gasteiger charge is 2.36. The molecule has 1 heterocycles. The van der Waals surface area contributed by atoms with Crippen molar-refractivity contribution in [3.8, 4) is 0 Å². The van der Waals surface area contributed by atoms with E-state index < -0.39 is 22.5 Å². The zero-order valence-corrected chi connectivity index (χ0v) is 12.6. The summed E-state index contributed by atoms with van der Waals surface area (Å²) in [6.45, 7) is 0.476. The Labute approximate surface area is 127 Å². The number of hydrogen-bond acceptors (Lipinski definition) is 5. The van der Waals surface area contributed by atoms with Gasteiger partial charge in [0.05, 0.1) is 10.6 Å². The number of benzene rings is 2. The van der Waals surface area contributed by atoms with Gasteiger partial charge in [0.15, 0.2) is 5.78 Å². The summed E-state index contributed by atoms with van der Waals surface area (Å²) < 4.78 is 31.0. The van der Waals surface area contributed by atoms with Crippen LogP contribution < -0.4 is 4.31 Å². The maximum atomic E-state index is 12.6. The van der Waals surface area contributed by atoms with Gasteiger partial charge in [0.2, 0.25) is 0 Å². The normalized spacial score (nSPS) is 15.0. The van der Waals surface area contributed by atoms with Crippen LogP contribution in [0.3, 0.4) is 0 Å². The van der Waals surface area contributed by atoms with Crippen LogP contribution in [0.2, 0.25) is 0 Å². The number of anilines is 1. The summed E-state index contributed by atoms with van der Waals surface area (Å²) in [7, 11) is -3.78. The zero-order chi connectivity index (χ0) is 15.9. The summed E-state index contributed by atoms with van der Waals surface area (Å²) in [5.74, 6) is -1.06. The fourth-order valence-electron chi connectivity index (χ4n) is 2.47. The molecule has 0 unspecified atom stereocenters. The molecule has 0 atom stereocenters. The highest BCUT2D eigenvalue weighted by Crippen LogP contribution is 2.41. The Morgan fingerprint density at radius 1 is 1.14 bits per heavy atom. The number of carbonyl (C=O) groups excluding carboxylic acids is 2. The first-order valence-corrected chi connectivity index (χ1v) is 8.05. The van der Waals surface area contributed by atoms with Crippen LogP contribution in [0.15, 0.2) is 41.3 Å². The molecule has 0 N–H and O–H groups in total. The first-order chi connectivity index (χ1) is 10.4. The van der Waals surface area contributed by atoms with Crippen molar-refractivity contribution in [2.24, 2.45) is 0 Å². The molecule has 1 aliphatic heterocycles. The average Bonchev–Trinajstić information content (AvgIpc) is 2.69. The highest BCUT2D eigenvalue weighted by atomic mass is 32.2. The van der Waals surface area contributed by atoms with Crippen molar-refractivity contribution in [3.05, 3.63) is 36.4 Å². The minimum absolute atomic E-state index is 0.181. The summed E-state index contributed by atoms with van der Waals surface area (Å²) in [6, 6.07) is 10.2. The minimum atomic E-state index is -3.78. The molecule has 0 saturated heterocycles. The number of Topliss-reactive ketones (excluding diaryl/α,β-unsaturated/α-hetero) is 1. The van der Waals surface area contributed by atoms with E-state index in [4.69, 9.17) is 4.74 Å². The number of carbonyl (C=O) groups is 2. The largest absolute Gasteiger partial charge is 0.456 e. The van der Waals surface area contributed by atoms with E-state index in [1.54, 1.807) is 18.2 Å². The first kappa shape index (κ1) is 14.5. The maximum absolute atomic E-state index is 12.6. The summed E-state index contributed by atoms with van der Waals surface area (Å²) in [5.41, 5.74) is 0.452. The topological polar surface area (TPSA) is 80.8 Å². The molecular formula is C15H13NO5S. The fraction of sp³-hybridized carbons (Fsp3) is 0.200. The third-order valence-electron chi connectivity index (χ3n) is 3.39.